The number of imidazole rings is 1. The lowest BCUT2D eigenvalue weighted by Crippen LogP contribution is -2.26. The van der Waals surface area contributed by atoms with Crippen LogP contribution in [0.2, 0.25) is 0 Å². The van der Waals surface area contributed by atoms with Gasteiger partial charge in [-0.3, -0.25) is 4.79 Å². The number of hydrogen-bond donors (Lipinski definition) is 2. The van der Waals surface area contributed by atoms with E-state index in [1.807, 2.05) is 48.5 Å². The van der Waals surface area contributed by atoms with Gasteiger partial charge in [0, 0.05) is 28.5 Å². The molecule has 136 valence electrons. The molecule has 0 aliphatic rings. The molecule has 0 aliphatic carbocycles. The van der Waals surface area contributed by atoms with Crippen LogP contribution in [0.15, 0.2) is 70.9 Å². The SMILES string of the molecule is O=C(NCCc1nc2ccccc2[nH]1)c1ccccc1SCc1cccs1. The Kier molecular flexibility index (Phi) is 5.55. The topological polar surface area (TPSA) is 57.8 Å². The minimum absolute atomic E-state index is 0.0413. The van der Waals surface area contributed by atoms with Gasteiger partial charge in [0.1, 0.15) is 5.82 Å². The van der Waals surface area contributed by atoms with Gasteiger partial charge in [-0.2, -0.15) is 0 Å². The van der Waals surface area contributed by atoms with Crippen LogP contribution < -0.4 is 5.32 Å². The van der Waals surface area contributed by atoms with Crippen molar-refractivity contribution in [2.75, 3.05) is 6.54 Å². The number of benzene rings is 2. The number of aromatic nitrogens is 2. The van der Waals surface area contributed by atoms with Crippen LogP contribution in [0.5, 0.6) is 0 Å². The zero-order chi connectivity index (χ0) is 18.5. The standard InChI is InChI=1S/C21H19N3OS2/c25-21(22-12-11-20-23-17-8-2-3-9-18(17)24-20)16-7-1-4-10-19(16)27-14-15-6-5-13-26-15/h1-10,13H,11-12,14H2,(H,22,25)(H,23,24). The number of para-hydroxylation sites is 2. The Morgan fingerprint density at radius 1 is 1.07 bits per heavy atom. The molecule has 0 unspecified atom stereocenters. The number of thioether (sulfide) groups is 1. The third kappa shape index (κ3) is 4.40. The third-order valence-corrected chi connectivity index (χ3v) is 6.35. The molecule has 6 heteroatoms. The fourth-order valence-electron chi connectivity index (χ4n) is 2.84. The second-order valence-corrected chi connectivity index (χ2v) is 8.12. The zero-order valence-corrected chi connectivity index (χ0v) is 16.3. The lowest BCUT2D eigenvalue weighted by Gasteiger charge is -2.09. The number of rotatable bonds is 7. The van der Waals surface area contributed by atoms with Gasteiger partial charge in [-0.05, 0) is 35.7 Å². The molecule has 4 aromatic rings. The normalized spacial score (nSPS) is 11.0. The van der Waals surface area contributed by atoms with Gasteiger partial charge in [0.2, 0.25) is 0 Å². The average Bonchev–Trinajstić information content (AvgIpc) is 3.35. The highest BCUT2D eigenvalue weighted by Crippen LogP contribution is 2.27. The first-order chi connectivity index (χ1) is 13.3. The first-order valence-corrected chi connectivity index (χ1v) is 10.6. The van der Waals surface area contributed by atoms with Gasteiger partial charge in [-0.25, -0.2) is 4.98 Å². The molecule has 0 atom stereocenters. The van der Waals surface area contributed by atoms with E-state index < -0.39 is 0 Å². The zero-order valence-electron chi connectivity index (χ0n) is 14.6. The Morgan fingerprint density at radius 3 is 2.78 bits per heavy atom. The number of thiophene rings is 1. The van der Waals surface area contributed by atoms with Crippen molar-refractivity contribution in [2.24, 2.45) is 0 Å². The second-order valence-electron chi connectivity index (χ2n) is 6.07. The van der Waals surface area contributed by atoms with Crippen molar-refractivity contribution in [3.05, 3.63) is 82.3 Å². The highest BCUT2D eigenvalue weighted by molar-refractivity contribution is 7.98. The molecule has 0 bridgehead atoms. The first kappa shape index (κ1) is 17.8. The molecule has 0 spiro atoms. The summed E-state index contributed by atoms with van der Waals surface area (Å²) in [6.07, 6.45) is 0.672. The number of aromatic amines is 1. The van der Waals surface area contributed by atoms with Crippen LogP contribution in [0.3, 0.4) is 0 Å². The highest BCUT2D eigenvalue weighted by Gasteiger charge is 2.12. The lowest BCUT2D eigenvalue weighted by atomic mass is 10.2. The van der Waals surface area contributed by atoms with Crippen molar-refractivity contribution in [3.8, 4) is 0 Å². The monoisotopic (exact) mass is 393 g/mol. The van der Waals surface area contributed by atoms with Crippen LogP contribution in [0, 0.1) is 0 Å². The Labute approximate surface area is 166 Å². The summed E-state index contributed by atoms with van der Waals surface area (Å²) in [4.78, 5) is 22.8. The van der Waals surface area contributed by atoms with E-state index in [0.717, 1.165) is 33.1 Å². The molecule has 2 aromatic heterocycles. The van der Waals surface area contributed by atoms with Crippen LogP contribution in [0.4, 0.5) is 0 Å². The van der Waals surface area contributed by atoms with Crippen LogP contribution in [-0.2, 0) is 12.2 Å². The molecular formula is C21H19N3OS2. The van der Waals surface area contributed by atoms with Crippen LogP contribution in [0.1, 0.15) is 21.1 Å². The number of H-pyrrole nitrogens is 1. The maximum absolute atomic E-state index is 12.6. The van der Waals surface area contributed by atoms with Gasteiger partial charge >= 0.3 is 0 Å². The van der Waals surface area contributed by atoms with Crippen LogP contribution in [0.25, 0.3) is 11.0 Å². The largest absolute Gasteiger partial charge is 0.352 e. The smallest absolute Gasteiger partial charge is 0.252 e. The number of fused-ring (bicyclic) bond motifs is 1. The molecule has 0 radical (unpaired) electrons. The Bertz CT molecular complexity index is 1010. The molecule has 0 fully saturated rings. The van der Waals surface area contributed by atoms with E-state index in [0.29, 0.717) is 13.0 Å². The van der Waals surface area contributed by atoms with E-state index in [1.165, 1.54) is 4.88 Å². The minimum Gasteiger partial charge on any atom is -0.352 e. The van der Waals surface area contributed by atoms with Crippen LogP contribution >= 0.6 is 23.1 Å². The van der Waals surface area contributed by atoms with Gasteiger partial charge in [0.25, 0.3) is 5.91 Å². The highest BCUT2D eigenvalue weighted by atomic mass is 32.2. The van der Waals surface area contributed by atoms with Crippen molar-refractivity contribution in [1.29, 1.82) is 0 Å². The van der Waals surface area contributed by atoms with Gasteiger partial charge in [0.05, 0.1) is 16.6 Å². The fourth-order valence-corrected chi connectivity index (χ4v) is 4.66. The minimum atomic E-state index is -0.0413. The molecule has 27 heavy (non-hydrogen) atoms. The quantitative estimate of drug-likeness (QED) is 0.440. The average molecular weight is 394 g/mol. The van der Waals surface area contributed by atoms with E-state index in [-0.39, 0.29) is 5.91 Å². The molecule has 4 rings (SSSR count). The van der Waals surface area contributed by atoms with Gasteiger partial charge in [-0.1, -0.05) is 30.3 Å². The number of nitrogens with one attached hydrogen (secondary N) is 2. The Hall–Kier alpha value is -2.57. The van der Waals surface area contributed by atoms with Gasteiger partial charge in [-0.15, -0.1) is 23.1 Å². The van der Waals surface area contributed by atoms with Crippen molar-refractivity contribution < 1.29 is 4.79 Å². The predicted molar refractivity (Wildman–Crippen MR) is 112 cm³/mol. The number of carbonyl (C=O) groups excluding carboxylic acids is 1. The fraction of sp³-hybridized carbons (Fsp3) is 0.143. The third-order valence-electron chi connectivity index (χ3n) is 4.17. The van der Waals surface area contributed by atoms with Crippen molar-refractivity contribution >= 4 is 40.0 Å². The van der Waals surface area contributed by atoms with Crippen molar-refractivity contribution in [1.82, 2.24) is 15.3 Å². The predicted octanol–water partition coefficient (Wildman–Crippen LogP) is 4.89. The van der Waals surface area contributed by atoms with E-state index in [9.17, 15) is 4.79 Å². The number of hydrogen-bond acceptors (Lipinski definition) is 4. The molecule has 0 saturated carbocycles. The molecular weight excluding hydrogens is 374 g/mol. The molecule has 0 aliphatic heterocycles. The van der Waals surface area contributed by atoms with E-state index in [4.69, 9.17) is 0 Å². The summed E-state index contributed by atoms with van der Waals surface area (Å²) in [6.45, 7) is 0.544. The Balaban J connectivity index is 1.36. The number of nitrogens with zero attached hydrogens (tertiary/aromatic N) is 1. The van der Waals surface area contributed by atoms with Gasteiger partial charge < -0.3 is 10.3 Å². The first-order valence-electron chi connectivity index (χ1n) is 8.75. The molecule has 0 saturated heterocycles. The summed E-state index contributed by atoms with van der Waals surface area (Å²) in [7, 11) is 0. The summed E-state index contributed by atoms with van der Waals surface area (Å²) in [6, 6.07) is 19.9. The molecule has 2 aromatic carbocycles. The van der Waals surface area contributed by atoms with Crippen molar-refractivity contribution in [3.63, 3.8) is 0 Å². The summed E-state index contributed by atoms with van der Waals surface area (Å²) < 4.78 is 0. The lowest BCUT2D eigenvalue weighted by molar-refractivity contribution is 0.0951. The second kappa shape index (κ2) is 8.41. The van der Waals surface area contributed by atoms with Gasteiger partial charge in [0.15, 0.2) is 0 Å². The van der Waals surface area contributed by atoms with E-state index >= 15 is 0 Å². The van der Waals surface area contributed by atoms with Crippen LogP contribution in [-0.4, -0.2) is 22.4 Å². The number of amides is 1. The molecule has 4 nitrogen and oxygen atoms in total. The maximum Gasteiger partial charge on any atom is 0.252 e. The summed E-state index contributed by atoms with van der Waals surface area (Å²) >= 11 is 3.43. The van der Waals surface area contributed by atoms with E-state index in [2.05, 4.69) is 32.8 Å². The summed E-state index contributed by atoms with van der Waals surface area (Å²) in [5.74, 6) is 1.72. The summed E-state index contributed by atoms with van der Waals surface area (Å²) in [5.41, 5.74) is 2.70. The molecule has 1 amide bonds. The molecule has 2 N–H and O–H groups in total. The number of carbonyl (C=O) groups is 1. The van der Waals surface area contributed by atoms with Crippen molar-refractivity contribution in [2.45, 2.75) is 17.1 Å². The summed E-state index contributed by atoms with van der Waals surface area (Å²) in [5, 5.41) is 5.09. The van der Waals surface area contributed by atoms with E-state index in [1.54, 1.807) is 23.1 Å². The molecule has 2 heterocycles. The maximum atomic E-state index is 12.6. The Morgan fingerprint density at radius 2 is 1.93 bits per heavy atom.